The second kappa shape index (κ2) is 8.43. The summed E-state index contributed by atoms with van der Waals surface area (Å²) >= 11 is 0. The van der Waals surface area contributed by atoms with E-state index in [4.69, 9.17) is 10.2 Å². The van der Waals surface area contributed by atoms with Gasteiger partial charge in [-0.3, -0.25) is 4.79 Å². The number of hydrogen-bond donors (Lipinski definition) is 1. The van der Waals surface area contributed by atoms with Crippen LogP contribution in [0, 0.1) is 0 Å². The van der Waals surface area contributed by atoms with Crippen molar-refractivity contribution in [2.24, 2.45) is 5.73 Å². The molecule has 1 aliphatic rings. The number of rotatable bonds is 6. The summed E-state index contributed by atoms with van der Waals surface area (Å²) in [5.74, 6) is 0.375. The van der Waals surface area contributed by atoms with Crippen molar-refractivity contribution in [2.45, 2.75) is 31.7 Å². The fourth-order valence-corrected chi connectivity index (χ4v) is 4.73. The maximum absolute atomic E-state index is 12.7. The van der Waals surface area contributed by atoms with Crippen molar-refractivity contribution in [3.8, 4) is 0 Å². The molecule has 1 aromatic carbocycles. The molecule has 2 N–H and O–H groups in total. The number of sulfonamides is 1. The maximum atomic E-state index is 12.7. The average Bonchev–Trinajstić information content (AvgIpc) is 3.28. The number of carbonyl (C=O) groups excluding carboxylic acids is 1. The Morgan fingerprint density at radius 3 is 2.56 bits per heavy atom. The predicted molar refractivity (Wildman–Crippen MR) is 106 cm³/mol. The van der Waals surface area contributed by atoms with Gasteiger partial charge >= 0.3 is 0 Å². The van der Waals surface area contributed by atoms with Crippen LogP contribution >= 0.6 is 12.4 Å². The Labute approximate surface area is 165 Å². The molecule has 7 nitrogen and oxygen atoms in total. The van der Waals surface area contributed by atoms with E-state index in [1.807, 2.05) is 13.8 Å². The van der Waals surface area contributed by atoms with Crippen LogP contribution in [0.25, 0.3) is 0 Å². The monoisotopic (exact) mass is 413 g/mol. The van der Waals surface area contributed by atoms with E-state index in [9.17, 15) is 13.2 Å². The summed E-state index contributed by atoms with van der Waals surface area (Å²) in [7, 11) is -3.51. The molecule has 1 amide bonds. The first-order chi connectivity index (χ1) is 12.4. The minimum atomic E-state index is -3.51. The first kappa shape index (κ1) is 21.4. The Morgan fingerprint density at radius 2 is 1.96 bits per heavy atom. The van der Waals surface area contributed by atoms with E-state index in [-0.39, 0.29) is 29.8 Å². The van der Waals surface area contributed by atoms with Crippen molar-refractivity contribution in [1.82, 2.24) is 4.31 Å². The molecule has 27 heavy (non-hydrogen) atoms. The Morgan fingerprint density at radius 1 is 1.26 bits per heavy atom. The van der Waals surface area contributed by atoms with Gasteiger partial charge in [-0.05, 0) is 36.2 Å². The summed E-state index contributed by atoms with van der Waals surface area (Å²) < 4.78 is 32.0. The number of benzene rings is 1. The van der Waals surface area contributed by atoms with Gasteiger partial charge in [0, 0.05) is 25.3 Å². The first-order valence-corrected chi connectivity index (χ1v) is 10.1. The van der Waals surface area contributed by atoms with Crippen LogP contribution in [0.2, 0.25) is 0 Å². The molecule has 3 rings (SSSR count). The zero-order valence-electron chi connectivity index (χ0n) is 15.3. The number of hydrogen-bond acceptors (Lipinski definition) is 5. The van der Waals surface area contributed by atoms with Gasteiger partial charge in [0.1, 0.15) is 12.0 Å². The van der Waals surface area contributed by atoms with Crippen LogP contribution in [0.3, 0.4) is 0 Å². The second-order valence-electron chi connectivity index (χ2n) is 6.09. The van der Waals surface area contributed by atoms with Gasteiger partial charge in [-0.25, -0.2) is 8.42 Å². The quantitative estimate of drug-likeness (QED) is 0.784. The minimum Gasteiger partial charge on any atom is -0.467 e. The van der Waals surface area contributed by atoms with Crippen molar-refractivity contribution < 1.29 is 17.6 Å². The maximum Gasteiger partial charge on any atom is 0.261 e. The van der Waals surface area contributed by atoms with Gasteiger partial charge in [0.15, 0.2) is 0 Å². The standard InChI is InChI=1S/C18H23N3O4S.ClH/c1-3-20(4-2)26(23,24)16-5-6-17-13(10-16)7-8-21(17)18(22)14-9-15(11-19)25-12-14;/h5-6,9-10,12H,3-4,7-8,11,19H2,1-2H3;1H. The van der Waals surface area contributed by atoms with Gasteiger partial charge in [0.05, 0.1) is 17.0 Å². The molecular formula is C18H24ClN3O4S. The highest BCUT2D eigenvalue weighted by Gasteiger charge is 2.29. The number of halogens is 1. The number of anilines is 1. The van der Waals surface area contributed by atoms with Crippen LogP contribution in [0.1, 0.15) is 35.5 Å². The molecule has 0 saturated carbocycles. The van der Waals surface area contributed by atoms with Gasteiger partial charge < -0.3 is 15.1 Å². The number of furan rings is 1. The Bertz CT molecular complexity index is 922. The van der Waals surface area contributed by atoms with Gasteiger partial charge in [-0.2, -0.15) is 4.31 Å². The molecule has 2 aromatic rings. The predicted octanol–water partition coefficient (Wildman–Crippen LogP) is 2.39. The van der Waals surface area contributed by atoms with E-state index >= 15 is 0 Å². The molecule has 0 atom stereocenters. The van der Waals surface area contributed by atoms with Crippen molar-refractivity contribution in [2.75, 3.05) is 24.5 Å². The van der Waals surface area contributed by atoms with Crippen LogP contribution < -0.4 is 10.6 Å². The van der Waals surface area contributed by atoms with E-state index in [0.717, 1.165) is 11.3 Å². The number of amides is 1. The van der Waals surface area contributed by atoms with E-state index < -0.39 is 10.0 Å². The molecule has 148 valence electrons. The SMILES string of the molecule is CCN(CC)S(=O)(=O)c1ccc2c(c1)CCN2C(=O)c1coc(CN)c1.Cl. The molecule has 0 bridgehead atoms. The molecule has 0 aliphatic carbocycles. The van der Waals surface area contributed by atoms with Crippen molar-refractivity contribution in [3.63, 3.8) is 0 Å². The van der Waals surface area contributed by atoms with Crippen molar-refractivity contribution in [3.05, 3.63) is 47.4 Å². The topological polar surface area (TPSA) is 96.9 Å². The summed E-state index contributed by atoms with van der Waals surface area (Å²) in [6.07, 6.45) is 2.02. The number of fused-ring (bicyclic) bond motifs is 1. The van der Waals surface area contributed by atoms with E-state index in [2.05, 4.69) is 0 Å². The van der Waals surface area contributed by atoms with Gasteiger partial charge in [-0.15, -0.1) is 12.4 Å². The minimum absolute atomic E-state index is 0. The lowest BCUT2D eigenvalue weighted by molar-refractivity contribution is 0.0989. The first-order valence-electron chi connectivity index (χ1n) is 8.64. The van der Waals surface area contributed by atoms with Crippen LogP contribution in [0.4, 0.5) is 5.69 Å². The molecular weight excluding hydrogens is 390 g/mol. The molecule has 0 fully saturated rings. The summed E-state index contributed by atoms with van der Waals surface area (Å²) in [6.45, 7) is 5.21. The van der Waals surface area contributed by atoms with Gasteiger partial charge in [0.2, 0.25) is 10.0 Å². The van der Waals surface area contributed by atoms with Gasteiger partial charge in [0.25, 0.3) is 5.91 Å². The highest BCUT2D eigenvalue weighted by atomic mass is 35.5. The molecule has 0 unspecified atom stereocenters. The summed E-state index contributed by atoms with van der Waals surface area (Å²) in [6, 6.07) is 6.59. The molecule has 0 saturated heterocycles. The third kappa shape index (κ3) is 3.89. The summed E-state index contributed by atoms with van der Waals surface area (Å²) in [4.78, 5) is 14.6. The van der Waals surface area contributed by atoms with Crippen LogP contribution in [0.15, 0.2) is 39.8 Å². The van der Waals surface area contributed by atoms with Gasteiger partial charge in [-0.1, -0.05) is 13.8 Å². The fourth-order valence-electron chi connectivity index (χ4n) is 3.22. The van der Waals surface area contributed by atoms with E-state index in [1.165, 1.54) is 10.6 Å². The Balaban J connectivity index is 0.00000261. The normalized spacial score (nSPS) is 13.6. The molecule has 9 heteroatoms. The highest BCUT2D eigenvalue weighted by molar-refractivity contribution is 7.89. The summed E-state index contributed by atoms with van der Waals surface area (Å²) in [5, 5.41) is 0. The third-order valence-corrected chi connectivity index (χ3v) is 6.68. The van der Waals surface area contributed by atoms with Crippen LogP contribution in [-0.4, -0.2) is 38.3 Å². The smallest absolute Gasteiger partial charge is 0.261 e. The molecule has 0 spiro atoms. The highest BCUT2D eigenvalue weighted by Crippen LogP contribution is 2.32. The van der Waals surface area contributed by atoms with Crippen molar-refractivity contribution >= 4 is 34.0 Å². The molecule has 0 radical (unpaired) electrons. The molecule has 2 heterocycles. The third-order valence-electron chi connectivity index (χ3n) is 4.64. The number of nitrogens with zero attached hydrogens (tertiary/aromatic N) is 2. The second-order valence-corrected chi connectivity index (χ2v) is 8.03. The average molecular weight is 414 g/mol. The van der Waals surface area contributed by atoms with Crippen molar-refractivity contribution in [1.29, 1.82) is 0 Å². The van der Waals surface area contributed by atoms with E-state index in [1.54, 1.807) is 29.2 Å². The molecule has 1 aliphatic heterocycles. The fraction of sp³-hybridized carbons (Fsp3) is 0.389. The lowest BCUT2D eigenvalue weighted by Gasteiger charge is -2.20. The zero-order chi connectivity index (χ0) is 18.9. The number of carbonyl (C=O) groups is 1. The summed E-state index contributed by atoms with van der Waals surface area (Å²) in [5.41, 5.74) is 7.56. The van der Waals surface area contributed by atoms with Crippen LogP contribution in [0.5, 0.6) is 0 Å². The Kier molecular flexibility index (Phi) is 6.69. The molecule has 1 aromatic heterocycles. The largest absolute Gasteiger partial charge is 0.467 e. The Hall–Kier alpha value is -1.87. The number of nitrogens with two attached hydrogens (primary N) is 1. The van der Waals surface area contributed by atoms with E-state index in [0.29, 0.717) is 37.4 Å². The zero-order valence-corrected chi connectivity index (χ0v) is 17.0. The lowest BCUT2D eigenvalue weighted by Crippen LogP contribution is -2.30. The lowest BCUT2D eigenvalue weighted by atomic mass is 10.2. The van der Waals surface area contributed by atoms with Crippen LogP contribution in [-0.2, 0) is 23.0 Å².